The predicted molar refractivity (Wildman–Crippen MR) is 120 cm³/mol. The molecule has 2 amide bonds. The molecular formula is C24H33N5O2. The minimum absolute atomic E-state index is 0.103. The van der Waals surface area contributed by atoms with Crippen molar-refractivity contribution in [3.8, 4) is 11.4 Å². The van der Waals surface area contributed by atoms with Gasteiger partial charge in [0.1, 0.15) is 11.9 Å². The van der Waals surface area contributed by atoms with Crippen LogP contribution in [-0.2, 0) is 9.59 Å². The van der Waals surface area contributed by atoms with Gasteiger partial charge in [0.15, 0.2) is 0 Å². The van der Waals surface area contributed by atoms with Crippen LogP contribution < -0.4 is 0 Å². The lowest BCUT2D eigenvalue weighted by Gasteiger charge is -2.38. The van der Waals surface area contributed by atoms with Gasteiger partial charge in [0.2, 0.25) is 11.8 Å². The van der Waals surface area contributed by atoms with Crippen molar-refractivity contribution in [1.29, 1.82) is 0 Å². The fourth-order valence-electron chi connectivity index (χ4n) is 4.70. The highest BCUT2D eigenvalue weighted by Gasteiger charge is 2.29. The number of aromatic nitrogens is 2. The summed E-state index contributed by atoms with van der Waals surface area (Å²) >= 11 is 0. The second kappa shape index (κ2) is 9.64. The monoisotopic (exact) mass is 423 g/mol. The maximum atomic E-state index is 13.2. The highest BCUT2D eigenvalue weighted by molar-refractivity contribution is 5.81. The smallest absolute Gasteiger partial charge is 0.245 e. The topological polar surface area (TPSA) is 61.7 Å². The Hall–Kier alpha value is -2.67. The van der Waals surface area contributed by atoms with Crippen molar-refractivity contribution in [2.45, 2.75) is 45.2 Å². The molecule has 31 heavy (non-hydrogen) atoms. The molecule has 0 N–H and O–H groups in total. The quantitative estimate of drug-likeness (QED) is 0.742. The zero-order valence-corrected chi connectivity index (χ0v) is 18.6. The van der Waals surface area contributed by atoms with Crippen LogP contribution in [0.15, 0.2) is 42.7 Å². The molecule has 0 saturated carbocycles. The van der Waals surface area contributed by atoms with Crippen molar-refractivity contribution in [2.24, 2.45) is 0 Å². The van der Waals surface area contributed by atoms with Gasteiger partial charge in [-0.05, 0) is 33.1 Å². The van der Waals surface area contributed by atoms with Gasteiger partial charge in [-0.3, -0.25) is 14.5 Å². The highest BCUT2D eigenvalue weighted by Crippen LogP contribution is 2.23. The Labute approximate surface area is 184 Å². The largest absolute Gasteiger partial charge is 0.339 e. The van der Waals surface area contributed by atoms with Gasteiger partial charge in [-0.2, -0.15) is 0 Å². The lowest BCUT2D eigenvalue weighted by molar-refractivity contribution is -0.138. The van der Waals surface area contributed by atoms with Crippen LogP contribution in [0.2, 0.25) is 0 Å². The number of benzene rings is 1. The normalized spacial score (nSPS) is 21.2. The summed E-state index contributed by atoms with van der Waals surface area (Å²) < 4.78 is 1.95. The fraction of sp³-hybridized carbons (Fsp3) is 0.542. The van der Waals surface area contributed by atoms with Crippen LogP contribution in [0.1, 0.15) is 39.2 Å². The standard InChI is InChI=1S/C24H33N5O2/c1-19-8-6-7-12-28(19)22(30)18-26-14-16-27(17-15-26)24(31)20(2)29-13-11-25-23(29)21-9-4-3-5-10-21/h3-5,9-11,13,19-20H,6-8,12,14-18H2,1-2H3/t19-,20-/m0/s1. The first-order chi connectivity index (χ1) is 15.0. The third-order valence-electron chi connectivity index (χ3n) is 6.64. The Morgan fingerprint density at radius 3 is 2.52 bits per heavy atom. The summed E-state index contributed by atoms with van der Waals surface area (Å²) in [5.41, 5.74) is 1.00. The molecule has 0 unspecified atom stereocenters. The molecule has 4 rings (SSSR count). The lowest BCUT2D eigenvalue weighted by atomic mass is 10.0. The molecule has 0 bridgehead atoms. The van der Waals surface area contributed by atoms with E-state index in [0.717, 1.165) is 43.9 Å². The van der Waals surface area contributed by atoms with Gasteiger partial charge in [-0.25, -0.2) is 4.98 Å². The minimum atomic E-state index is -0.319. The van der Waals surface area contributed by atoms with Gasteiger partial charge >= 0.3 is 0 Å². The second-order valence-electron chi connectivity index (χ2n) is 8.73. The van der Waals surface area contributed by atoms with Crippen molar-refractivity contribution in [3.63, 3.8) is 0 Å². The van der Waals surface area contributed by atoms with Crippen molar-refractivity contribution >= 4 is 11.8 Å². The van der Waals surface area contributed by atoms with Crippen LogP contribution >= 0.6 is 0 Å². The molecule has 2 atom stereocenters. The lowest BCUT2D eigenvalue weighted by Crippen LogP contribution is -2.53. The molecule has 2 aliphatic rings. The van der Waals surface area contributed by atoms with Gasteiger partial charge < -0.3 is 14.4 Å². The first-order valence-corrected chi connectivity index (χ1v) is 11.4. The second-order valence-corrected chi connectivity index (χ2v) is 8.73. The molecule has 7 nitrogen and oxygen atoms in total. The summed E-state index contributed by atoms with van der Waals surface area (Å²) in [6, 6.07) is 9.97. The number of carbonyl (C=O) groups is 2. The number of nitrogens with zero attached hydrogens (tertiary/aromatic N) is 5. The van der Waals surface area contributed by atoms with E-state index in [0.29, 0.717) is 25.7 Å². The first-order valence-electron chi connectivity index (χ1n) is 11.4. The molecule has 1 aromatic heterocycles. The Bertz CT molecular complexity index is 888. The Balaban J connectivity index is 1.32. The molecule has 2 saturated heterocycles. The Morgan fingerprint density at radius 1 is 1.06 bits per heavy atom. The summed E-state index contributed by atoms with van der Waals surface area (Å²) in [6.07, 6.45) is 7.05. The molecule has 7 heteroatoms. The molecular weight excluding hydrogens is 390 g/mol. The molecule has 0 aliphatic carbocycles. The van der Waals surface area contributed by atoms with Crippen molar-refractivity contribution in [1.82, 2.24) is 24.3 Å². The first kappa shape index (κ1) is 21.6. The number of hydrogen-bond donors (Lipinski definition) is 0. The Morgan fingerprint density at radius 2 is 1.81 bits per heavy atom. The van der Waals surface area contributed by atoms with Gasteiger partial charge in [-0.1, -0.05) is 30.3 Å². The number of imidazole rings is 1. The molecule has 1 aromatic carbocycles. The zero-order chi connectivity index (χ0) is 21.8. The van der Waals surface area contributed by atoms with Gasteiger partial charge in [0.05, 0.1) is 6.54 Å². The number of carbonyl (C=O) groups excluding carboxylic acids is 2. The zero-order valence-electron chi connectivity index (χ0n) is 18.6. The maximum absolute atomic E-state index is 13.2. The average Bonchev–Trinajstić information content (AvgIpc) is 3.29. The predicted octanol–water partition coefficient (Wildman–Crippen LogP) is 2.66. The number of piperazine rings is 1. The van der Waals surface area contributed by atoms with Gasteiger partial charge in [-0.15, -0.1) is 0 Å². The molecule has 2 fully saturated rings. The fourth-order valence-corrected chi connectivity index (χ4v) is 4.70. The SMILES string of the molecule is C[C@H]1CCCCN1C(=O)CN1CCN(C(=O)[C@H](C)n2ccnc2-c2ccccc2)CC1. The van der Waals surface area contributed by atoms with E-state index in [1.807, 2.05) is 57.8 Å². The third-order valence-corrected chi connectivity index (χ3v) is 6.64. The molecule has 2 aromatic rings. The molecule has 2 aliphatic heterocycles. The van der Waals surface area contributed by atoms with E-state index in [4.69, 9.17) is 0 Å². The van der Waals surface area contributed by atoms with E-state index in [2.05, 4.69) is 16.8 Å². The summed E-state index contributed by atoms with van der Waals surface area (Å²) in [4.78, 5) is 36.5. The average molecular weight is 424 g/mol. The van der Waals surface area contributed by atoms with E-state index in [9.17, 15) is 9.59 Å². The van der Waals surface area contributed by atoms with E-state index in [-0.39, 0.29) is 17.9 Å². The molecule has 0 spiro atoms. The molecule has 0 radical (unpaired) electrons. The number of likely N-dealkylation sites (tertiary alicyclic amines) is 1. The maximum Gasteiger partial charge on any atom is 0.245 e. The minimum Gasteiger partial charge on any atom is -0.339 e. The van der Waals surface area contributed by atoms with E-state index < -0.39 is 0 Å². The van der Waals surface area contributed by atoms with Crippen LogP contribution in [0, 0.1) is 0 Å². The van der Waals surface area contributed by atoms with Gasteiger partial charge in [0.25, 0.3) is 0 Å². The van der Waals surface area contributed by atoms with E-state index >= 15 is 0 Å². The van der Waals surface area contributed by atoms with E-state index in [1.165, 1.54) is 6.42 Å². The summed E-state index contributed by atoms with van der Waals surface area (Å²) in [5, 5.41) is 0. The van der Waals surface area contributed by atoms with Crippen LogP contribution in [-0.4, -0.2) is 81.4 Å². The highest BCUT2D eigenvalue weighted by atomic mass is 16.2. The summed E-state index contributed by atoms with van der Waals surface area (Å²) in [5.74, 6) is 1.14. The third kappa shape index (κ3) is 4.82. The number of amides is 2. The summed E-state index contributed by atoms with van der Waals surface area (Å²) in [7, 11) is 0. The molecule has 166 valence electrons. The Kier molecular flexibility index (Phi) is 6.70. The number of rotatable bonds is 5. The summed E-state index contributed by atoms with van der Waals surface area (Å²) in [6.45, 7) is 8.21. The van der Waals surface area contributed by atoms with Crippen molar-refractivity contribution in [3.05, 3.63) is 42.7 Å². The van der Waals surface area contributed by atoms with E-state index in [1.54, 1.807) is 6.20 Å². The number of piperidine rings is 1. The molecule has 3 heterocycles. The number of hydrogen-bond acceptors (Lipinski definition) is 4. The van der Waals surface area contributed by atoms with Crippen molar-refractivity contribution in [2.75, 3.05) is 39.3 Å². The van der Waals surface area contributed by atoms with Crippen LogP contribution in [0.3, 0.4) is 0 Å². The van der Waals surface area contributed by atoms with Gasteiger partial charge in [0, 0.05) is 56.7 Å². The van der Waals surface area contributed by atoms with Crippen molar-refractivity contribution < 1.29 is 9.59 Å². The van der Waals surface area contributed by atoms with Crippen LogP contribution in [0.4, 0.5) is 0 Å². The van der Waals surface area contributed by atoms with Crippen LogP contribution in [0.25, 0.3) is 11.4 Å². The van der Waals surface area contributed by atoms with Crippen LogP contribution in [0.5, 0.6) is 0 Å².